The number of ether oxygens (including phenoxy) is 2. The zero-order valence-corrected chi connectivity index (χ0v) is 12.3. The van der Waals surface area contributed by atoms with Gasteiger partial charge in [-0.15, -0.1) is 0 Å². The Bertz CT molecular complexity index is 709. The van der Waals surface area contributed by atoms with Crippen LogP contribution in [-0.2, 0) is 7.05 Å². The molecule has 0 aliphatic rings. The third kappa shape index (κ3) is 2.69. The molecule has 2 rings (SSSR count). The van der Waals surface area contributed by atoms with E-state index in [2.05, 4.69) is 0 Å². The standard InChI is InChI=1S/C16H19NO3/c1-11(2)8-9-20-13-7-5-6-12-14(19-4)10-15(18)17(3)16(12)13/h5-8,10H,9H2,1-4H3. The molecule has 106 valence electrons. The fraction of sp³-hybridized carbons (Fsp3) is 0.312. The third-order valence-electron chi connectivity index (χ3n) is 3.14. The molecule has 0 unspecified atom stereocenters. The van der Waals surface area contributed by atoms with Gasteiger partial charge in [0, 0.05) is 18.5 Å². The van der Waals surface area contributed by atoms with Crippen molar-refractivity contribution in [2.75, 3.05) is 13.7 Å². The number of methoxy groups -OCH3 is 1. The summed E-state index contributed by atoms with van der Waals surface area (Å²) < 4.78 is 12.6. The Morgan fingerprint density at radius 2 is 2.05 bits per heavy atom. The maximum Gasteiger partial charge on any atom is 0.254 e. The summed E-state index contributed by atoms with van der Waals surface area (Å²) in [5, 5.41) is 0.865. The molecule has 0 saturated heterocycles. The average molecular weight is 273 g/mol. The monoisotopic (exact) mass is 273 g/mol. The highest BCUT2D eigenvalue weighted by Gasteiger charge is 2.11. The third-order valence-corrected chi connectivity index (χ3v) is 3.14. The molecule has 1 aromatic heterocycles. The van der Waals surface area contributed by atoms with Gasteiger partial charge >= 0.3 is 0 Å². The van der Waals surface area contributed by atoms with E-state index >= 15 is 0 Å². The molecular weight excluding hydrogens is 254 g/mol. The van der Waals surface area contributed by atoms with E-state index in [1.54, 1.807) is 18.7 Å². The van der Waals surface area contributed by atoms with Crippen molar-refractivity contribution in [3.05, 3.63) is 46.3 Å². The van der Waals surface area contributed by atoms with E-state index in [1.165, 1.54) is 11.6 Å². The normalized spacial score (nSPS) is 10.4. The van der Waals surface area contributed by atoms with Crippen LogP contribution in [0.15, 0.2) is 40.7 Å². The van der Waals surface area contributed by atoms with Crippen molar-refractivity contribution in [2.45, 2.75) is 13.8 Å². The Balaban J connectivity index is 2.58. The van der Waals surface area contributed by atoms with Crippen molar-refractivity contribution in [1.29, 1.82) is 0 Å². The Morgan fingerprint density at radius 1 is 1.30 bits per heavy atom. The molecular formula is C16H19NO3. The number of hydrogen-bond acceptors (Lipinski definition) is 3. The smallest absolute Gasteiger partial charge is 0.254 e. The number of nitrogens with zero attached hydrogens (tertiary/aromatic N) is 1. The summed E-state index contributed by atoms with van der Waals surface area (Å²) in [6.45, 7) is 4.52. The van der Waals surface area contributed by atoms with E-state index in [-0.39, 0.29) is 5.56 Å². The highest BCUT2D eigenvalue weighted by atomic mass is 16.5. The summed E-state index contributed by atoms with van der Waals surface area (Å²) in [4.78, 5) is 12.0. The first-order valence-electron chi connectivity index (χ1n) is 6.47. The zero-order valence-electron chi connectivity index (χ0n) is 12.3. The van der Waals surface area contributed by atoms with Crippen LogP contribution in [0.25, 0.3) is 10.9 Å². The molecule has 2 aromatic rings. The highest BCUT2D eigenvalue weighted by Crippen LogP contribution is 2.30. The van der Waals surface area contributed by atoms with Crippen LogP contribution in [0, 0.1) is 0 Å². The number of pyridine rings is 1. The number of fused-ring (bicyclic) bond motifs is 1. The van der Waals surface area contributed by atoms with Crippen molar-refractivity contribution in [3.63, 3.8) is 0 Å². The van der Waals surface area contributed by atoms with Gasteiger partial charge in [0.05, 0.1) is 12.6 Å². The summed E-state index contributed by atoms with van der Waals surface area (Å²) in [5.74, 6) is 1.24. The van der Waals surface area contributed by atoms with Gasteiger partial charge in [-0.25, -0.2) is 0 Å². The number of benzene rings is 1. The van der Waals surface area contributed by atoms with Gasteiger partial charge in [0.1, 0.15) is 18.1 Å². The quantitative estimate of drug-likeness (QED) is 0.804. The number of hydrogen-bond donors (Lipinski definition) is 0. The van der Waals surface area contributed by atoms with Crippen molar-refractivity contribution < 1.29 is 9.47 Å². The molecule has 0 radical (unpaired) electrons. The van der Waals surface area contributed by atoms with Gasteiger partial charge < -0.3 is 14.0 Å². The molecule has 1 heterocycles. The Kier molecular flexibility index (Phi) is 4.13. The largest absolute Gasteiger partial charge is 0.496 e. The predicted molar refractivity (Wildman–Crippen MR) is 80.7 cm³/mol. The SMILES string of the molecule is COc1cc(=O)n(C)c2c(OCC=C(C)C)cccc12. The van der Waals surface area contributed by atoms with Crippen LogP contribution < -0.4 is 15.0 Å². The summed E-state index contributed by atoms with van der Waals surface area (Å²) in [7, 11) is 3.29. The van der Waals surface area contributed by atoms with Crippen LogP contribution in [0.5, 0.6) is 11.5 Å². The van der Waals surface area contributed by atoms with Gasteiger partial charge in [-0.1, -0.05) is 11.6 Å². The number of aromatic nitrogens is 1. The first-order valence-corrected chi connectivity index (χ1v) is 6.47. The Labute approximate surface area is 118 Å². The van der Waals surface area contributed by atoms with Crippen molar-refractivity contribution in [1.82, 2.24) is 4.57 Å². The van der Waals surface area contributed by atoms with Crippen molar-refractivity contribution >= 4 is 10.9 Å². The molecule has 0 aliphatic heterocycles. The Morgan fingerprint density at radius 3 is 2.70 bits per heavy atom. The van der Waals surface area contributed by atoms with Crippen LogP contribution in [0.1, 0.15) is 13.8 Å². The number of aryl methyl sites for hydroxylation is 1. The average Bonchev–Trinajstić information content (AvgIpc) is 2.42. The van der Waals surface area contributed by atoms with E-state index in [9.17, 15) is 4.79 Å². The molecule has 0 aliphatic carbocycles. The lowest BCUT2D eigenvalue weighted by Crippen LogP contribution is -2.17. The van der Waals surface area contributed by atoms with E-state index in [0.29, 0.717) is 18.1 Å². The molecule has 0 saturated carbocycles. The van der Waals surface area contributed by atoms with Crippen LogP contribution in [0.3, 0.4) is 0 Å². The van der Waals surface area contributed by atoms with Crippen molar-refractivity contribution in [3.8, 4) is 11.5 Å². The van der Waals surface area contributed by atoms with Crippen LogP contribution >= 0.6 is 0 Å². The molecule has 4 nitrogen and oxygen atoms in total. The number of para-hydroxylation sites is 1. The van der Waals surface area contributed by atoms with E-state index in [1.807, 2.05) is 38.1 Å². The van der Waals surface area contributed by atoms with E-state index in [4.69, 9.17) is 9.47 Å². The van der Waals surface area contributed by atoms with E-state index in [0.717, 1.165) is 10.9 Å². The topological polar surface area (TPSA) is 40.5 Å². The summed E-state index contributed by atoms with van der Waals surface area (Å²) in [5.41, 5.74) is 1.82. The molecule has 0 amide bonds. The van der Waals surface area contributed by atoms with E-state index < -0.39 is 0 Å². The van der Waals surface area contributed by atoms with Gasteiger partial charge in [0.15, 0.2) is 0 Å². The first-order chi connectivity index (χ1) is 9.54. The number of allylic oxidation sites excluding steroid dienone is 1. The zero-order chi connectivity index (χ0) is 14.7. The molecule has 0 N–H and O–H groups in total. The minimum Gasteiger partial charge on any atom is -0.496 e. The summed E-state index contributed by atoms with van der Waals surface area (Å²) in [6.07, 6.45) is 2.00. The van der Waals surface area contributed by atoms with Gasteiger partial charge in [-0.05, 0) is 32.1 Å². The number of rotatable bonds is 4. The minimum atomic E-state index is -0.118. The van der Waals surface area contributed by atoms with Gasteiger partial charge in [0.2, 0.25) is 0 Å². The lowest BCUT2D eigenvalue weighted by atomic mass is 10.2. The fourth-order valence-corrected chi connectivity index (χ4v) is 2.05. The fourth-order valence-electron chi connectivity index (χ4n) is 2.05. The second kappa shape index (κ2) is 5.82. The second-order valence-corrected chi connectivity index (χ2v) is 4.85. The molecule has 0 bridgehead atoms. The van der Waals surface area contributed by atoms with Crippen molar-refractivity contribution in [2.24, 2.45) is 7.05 Å². The summed E-state index contributed by atoms with van der Waals surface area (Å²) in [6, 6.07) is 7.16. The maximum absolute atomic E-state index is 12.0. The van der Waals surface area contributed by atoms with Gasteiger partial charge in [0.25, 0.3) is 5.56 Å². The molecule has 4 heteroatoms. The molecule has 1 aromatic carbocycles. The van der Waals surface area contributed by atoms with Gasteiger partial charge in [-0.3, -0.25) is 4.79 Å². The van der Waals surface area contributed by atoms with Crippen LogP contribution in [0.4, 0.5) is 0 Å². The van der Waals surface area contributed by atoms with Gasteiger partial charge in [-0.2, -0.15) is 0 Å². The van der Waals surface area contributed by atoms with Crippen LogP contribution in [0.2, 0.25) is 0 Å². The maximum atomic E-state index is 12.0. The molecule has 20 heavy (non-hydrogen) atoms. The predicted octanol–water partition coefficient (Wildman–Crippen LogP) is 2.89. The summed E-state index contributed by atoms with van der Waals surface area (Å²) >= 11 is 0. The lowest BCUT2D eigenvalue weighted by molar-refractivity contribution is 0.364. The van der Waals surface area contributed by atoms with Crippen LogP contribution in [-0.4, -0.2) is 18.3 Å². The lowest BCUT2D eigenvalue weighted by Gasteiger charge is -2.13. The molecule has 0 atom stereocenters. The molecule has 0 spiro atoms. The molecule has 0 fully saturated rings. The first kappa shape index (κ1) is 14.2. The Hall–Kier alpha value is -2.23. The second-order valence-electron chi connectivity index (χ2n) is 4.85. The highest BCUT2D eigenvalue weighted by molar-refractivity contribution is 5.90. The minimum absolute atomic E-state index is 0.118.